The molecule has 0 aromatic carbocycles. The van der Waals surface area contributed by atoms with Crippen LogP contribution in [0, 0.1) is 11.3 Å². The Hall–Kier alpha value is -2.39. The number of anilines is 1. The summed E-state index contributed by atoms with van der Waals surface area (Å²) in [4.78, 5) is 4.27. The minimum Gasteiger partial charge on any atom is -0.370 e. The van der Waals surface area contributed by atoms with Crippen LogP contribution >= 0.6 is 0 Å². The van der Waals surface area contributed by atoms with Gasteiger partial charge in [0.1, 0.15) is 18.0 Å². The molecule has 0 saturated carbocycles. The number of pyridine rings is 1. The molecule has 6 nitrogen and oxygen atoms in total. The molecule has 2 atom stereocenters. The molecule has 0 aliphatic carbocycles. The predicted octanol–water partition coefficient (Wildman–Crippen LogP) is 2.67. The molecule has 0 spiro atoms. The molecule has 2 aromatic rings. The number of rotatable bonds is 4. The van der Waals surface area contributed by atoms with Gasteiger partial charge in [-0.05, 0) is 38.5 Å². The van der Waals surface area contributed by atoms with Crippen LogP contribution in [-0.4, -0.2) is 27.4 Å². The van der Waals surface area contributed by atoms with E-state index in [4.69, 9.17) is 4.74 Å². The Labute approximate surface area is 129 Å². The highest BCUT2D eigenvalue weighted by Crippen LogP contribution is 2.32. The third-order valence-corrected chi connectivity index (χ3v) is 3.82. The van der Waals surface area contributed by atoms with Crippen LogP contribution in [-0.2, 0) is 4.74 Å². The molecule has 1 fully saturated rings. The Kier molecular flexibility index (Phi) is 4.07. The Balaban J connectivity index is 1.85. The largest absolute Gasteiger partial charge is 0.370 e. The van der Waals surface area contributed by atoms with E-state index in [1.165, 1.54) is 0 Å². The number of nitrogens with zero attached hydrogens (tertiary/aromatic N) is 4. The molecule has 1 aliphatic heterocycles. The van der Waals surface area contributed by atoms with Gasteiger partial charge in [0.25, 0.3) is 0 Å². The first-order valence-electron chi connectivity index (χ1n) is 7.47. The number of hydrogen-bond acceptors (Lipinski definition) is 5. The van der Waals surface area contributed by atoms with Gasteiger partial charge < -0.3 is 10.1 Å². The SMILES string of the molecule is CC(C)n1nccc1[C@H]1OCC[C@@H]1Nc1ncccc1C#N. The van der Waals surface area contributed by atoms with Crippen LogP contribution in [0.3, 0.4) is 0 Å². The molecule has 114 valence electrons. The topological polar surface area (TPSA) is 75.8 Å². The Morgan fingerprint density at radius 1 is 1.41 bits per heavy atom. The van der Waals surface area contributed by atoms with Crippen molar-refractivity contribution in [3.8, 4) is 6.07 Å². The van der Waals surface area contributed by atoms with Crippen molar-refractivity contribution in [2.75, 3.05) is 11.9 Å². The molecular formula is C16H19N5O. The van der Waals surface area contributed by atoms with Crippen LogP contribution in [0.1, 0.15) is 43.7 Å². The van der Waals surface area contributed by atoms with Crippen LogP contribution in [0.5, 0.6) is 0 Å². The van der Waals surface area contributed by atoms with Crippen molar-refractivity contribution in [3.05, 3.63) is 41.9 Å². The third kappa shape index (κ3) is 2.68. The zero-order valence-corrected chi connectivity index (χ0v) is 12.7. The molecule has 0 amide bonds. The summed E-state index contributed by atoms with van der Waals surface area (Å²) in [5.41, 5.74) is 1.60. The number of nitrogens with one attached hydrogen (secondary N) is 1. The van der Waals surface area contributed by atoms with Crippen molar-refractivity contribution in [3.63, 3.8) is 0 Å². The van der Waals surface area contributed by atoms with Gasteiger partial charge in [0.2, 0.25) is 0 Å². The summed E-state index contributed by atoms with van der Waals surface area (Å²) >= 11 is 0. The van der Waals surface area contributed by atoms with Gasteiger partial charge in [-0.1, -0.05) is 0 Å². The average molecular weight is 297 g/mol. The summed E-state index contributed by atoms with van der Waals surface area (Å²) in [7, 11) is 0. The van der Waals surface area contributed by atoms with Gasteiger partial charge in [-0.25, -0.2) is 4.98 Å². The first-order chi connectivity index (χ1) is 10.7. The molecular weight excluding hydrogens is 278 g/mol. The van der Waals surface area contributed by atoms with Crippen LogP contribution < -0.4 is 5.32 Å². The molecule has 2 aromatic heterocycles. The van der Waals surface area contributed by atoms with E-state index in [-0.39, 0.29) is 18.2 Å². The summed E-state index contributed by atoms with van der Waals surface area (Å²) < 4.78 is 7.89. The zero-order chi connectivity index (χ0) is 15.5. The minimum absolute atomic E-state index is 0.0798. The smallest absolute Gasteiger partial charge is 0.144 e. The summed E-state index contributed by atoms with van der Waals surface area (Å²) in [5.74, 6) is 0.612. The van der Waals surface area contributed by atoms with Crippen molar-refractivity contribution in [1.29, 1.82) is 5.26 Å². The second kappa shape index (κ2) is 6.16. The van der Waals surface area contributed by atoms with E-state index in [9.17, 15) is 5.26 Å². The van der Waals surface area contributed by atoms with E-state index < -0.39 is 0 Å². The normalized spacial score (nSPS) is 21.0. The lowest BCUT2D eigenvalue weighted by atomic mass is 10.1. The van der Waals surface area contributed by atoms with E-state index in [1.807, 2.05) is 10.7 Å². The standard InChI is InChI=1S/C16H19N5O/c1-11(2)21-14(5-8-19-21)15-13(6-9-22-15)20-16-12(10-17)4-3-7-18-16/h3-5,7-8,11,13,15H,6,9H2,1-2H3,(H,18,20)/t13-,15-/m0/s1. The van der Waals surface area contributed by atoms with Gasteiger partial charge in [-0.15, -0.1) is 0 Å². The number of hydrogen-bond donors (Lipinski definition) is 1. The van der Waals surface area contributed by atoms with E-state index in [1.54, 1.807) is 24.5 Å². The monoisotopic (exact) mass is 297 g/mol. The molecule has 3 heterocycles. The highest BCUT2D eigenvalue weighted by molar-refractivity contribution is 5.52. The lowest BCUT2D eigenvalue weighted by Crippen LogP contribution is -2.26. The Morgan fingerprint density at radius 3 is 3.05 bits per heavy atom. The van der Waals surface area contributed by atoms with Gasteiger partial charge in [-0.3, -0.25) is 4.68 Å². The molecule has 3 rings (SSSR count). The quantitative estimate of drug-likeness (QED) is 0.939. The first-order valence-corrected chi connectivity index (χ1v) is 7.47. The fourth-order valence-electron chi connectivity index (χ4n) is 2.80. The Morgan fingerprint density at radius 2 is 2.27 bits per heavy atom. The van der Waals surface area contributed by atoms with E-state index >= 15 is 0 Å². The van der Waals surface area contributed by atoms with Crippen LogP contribution in [0.2, 0.25) is 0 Å². The molecule has 22 heavy (non-hydrogen) atoms. The molecule has 1 saturated heterocycles. The van der Waals surface area contributed by atoms with Gasteiger partial charge >= 0.3 is 0 Å². The average Bonchev–Trinajstić information content (AvgIpc) is 3.16. The van der Waals surface area contributed by atoms with Crippen molar-refractivity contribution >= 4 is 5.82 Å². The van der Waals surface area contributed by atoms with Crippen molar-refractivity contribution < 1.29 is 4.74 Å². The number of aromatic nitrogens is 3. The van der Waals surface area contributed by atoms with Crippen LogP contribution in [0.15, 0.2) is 30.6 Å². The van der Waals surface area contributed by atoms with E-state index in [2.05, 4.69) is 35.3 Å². The molecule has 6 heteroatoms. The van der Waals surface area contributed by atoms with E-state index in [0.717, 1.165) is 12.1 Å². The fraction of sp³-hybridized carbons (Fsp3) is 0.438. The second-order valence-corrected chi connectivity index (χ2v) is 5.64. The first kappa shape index (κ1) is 14.5. The van der Waals surface area contributed by atoms with Crippen molar-refractivity contribution in [2.24, 2.45) is 0 Å². The van der Waals surface area contributed by atoms with Crippen LogP contribution in [0.4, 0.5) is 5.82 Å². The number of ether oxygens (including phenoxy) is 1. The van der Waals surface area contributed by atoms with Gasteiger partial charge in [0.15, 0.2) is 0 Å². The Bertz CT molecular complexity index is 688. The van der Waals surface area contributed by atoms with Gasteiger partial charge in [0, 0.05) is 25.0 Å². The summed E-state index contributed by atoms with van der Waals surface area (Å²) in [6.45, 7) is 4.88. The highest BCUT2D eigenvalue weighted by Gasteiger charge is 2.33. The minimum atomic E-state index is -0.0848. The lowest BCUT2D eigenvalue weighted by Gasteiger charge is -2.23. The second-order valence-electron chi connectivity index (χ2n) is 5.64. The lowest BCUT2D eigenvalue weighted by molar-refractivity contribution is 0.0988. The molecule has 1 aliphatic rings. The van der Waals surface area contributed by atoms with Gasteiger partial charge in [-0.2, -0.15) is 10.4 Å². The van der Waals surface area contributed by atoms with E-state index in [0.29, 0.717) is 18.0 Å². The fourth-order valence-corrected chi connectivity index (χ4v) is 2.80. The summed E-state index contributed by atoms with van der Waals surface area (Å²) in [5, 5.41) is 16.9. The molecule has 1 N–H and O–H groups in total. The third-order valence-electron chi connectivity index (χ3n) is 3.82. The molecule has 0 radical (unpaired) electrons. The highest BCUT2D eigenvalue weighted by atomic mass is 16.5. The molecule has 0 bridgehead atoms. The summed E-state index contributed by atoms with van der Waals surface area (Å²) in [6.07, 6.45) is 4.27. The van der Waals surface area contributed by atoms with Crippen molar-refractivity contribution in [1.82, 2.24) is 14.8 Å². The zero-order valence-electron chi connectivity index (χ0n) is 12.7. The number of nitriles is 1. The van der Waals surface area contributed by atoms with Gasteiger partial charge in [0.05, 0.1) is 17.3 Å². The maximum absolute atomic E-state index is 9.18. The summed E-state index contributed by atoms with van der Waals surface area (Å²) in [6, 6.07) is 8.04. The van der Waals surface area contributed by atoms with Crippen LogP contribution in [0.25, 0.3) is 0 Å². The van der Waals surface area contributed by atoms with Crippen molar-refractivity contribution in [2.45, 2.75) is 38.5 Å². The predicted molar refractivity (Wildman–Crippen MR) is 82.3 cm³/mol. The maximum Gasteiger partial charge on any atom is 0.144 e. The molecule has 0 unspecified atom stereocenters. The maximum atomic E-state index is 9.18.